The van der Waals surface area contributed by atoms with Gasteiger partial charge in [0, 0.05) is 38.2 Å². The number of hydrogen-bond donors (Lipinski definition) is 0. The zero-order valence-corrected chi connectivity index (χ0v) is 20.5. The Hall–Kier alpha value is -5.15. The number of nitrogens with zero attached hydrogens (tertiary/aromatic N) is 3. The van der Waals surface area contributed by atoms with Crippen molar-refractivity contribution in [3.8, 4) is 33.8 Å². The SMILES string of the molecule is c1ccc2nc3c(c-2cc1)c(-c1cccc(-c2ccc4ccc5ccccc5c4n2)c1)nc1ccccc13. The molecule has 3 heterocycles. The molecule has 0 spiro atoms. The van der Waals surface area contributed by atoms with Crippen molar-refractivity contribution in [2.45, 2.75) is 0 Å². The highest BCUT2D eigenvalue weighted by atomic mass is 14.8. The third kappa shape index (κ3) is 3.19. The molecule has 0 amide bonds. The second kappa shape index (κ2) is 8.19. The molecule has 0 bridgehead atoms. The highest BCUT2D eigenvalue weighted by Crippen LogP contribution is 2.40. The number of para-hydroxylation sites is 1. The maximum Gasteiger partial charge on any atom is 0.0832 e. The lowest BCUT2D eigenvalue weighted by Gasteiger charge is -2.10. The second-order valence-corrected chi connectivity index (χ2v) is 9.66. The summed E-state index contributed by atoms with van der Waals surface area (Å²) in [7, 11) is 0. The van der Waals surface area contributed by atoms with E-state index in [2.05, 4.69) is 109 Å². The van der Waals surface area contributed by atoms with Crippen LogP contribution >= 0.6 is 0 Å². The summed E-state index contributed by atoms with van der Waals surface area (Å²) < 4.78 is 0. The van der Waals surface area contributed by atoms with Gasteiger partial charge in [0.2, 0.25) is 0 Å². The molecule has 0 radical (unpaired) electrons. The molecule has 0 unspecified atom stereocenters. The van der Waals surface area contributed by atoms with Crippen LogP contribution in [0.1, 0.15) is 0 Å². The Morgan fingerprint density at radius 3 is 2.13 bits per heavy atom. The molecule has 0 N–H and O–H groups in total. The second-order valence-electron chi connectivity index (χ2n) is 9.66. The van der Waals surface area contributed by atoms with Gasteiger partial charge in [0.15, 0.2) is 0 Å². The molecule has 176 valence electrons. The lowest BCUT2D eigenvalue weighted by atomic mass is 9.98. The van der Waals surface area contributed by atoms with E-state index in [0.717, 1.165) is 66.5 Å². The van der Waals surface area contributed by atoms with Gasteiger partial charge in [0.25, 0.3) is 0 Å². The van der Waals surface area contributed by atoms with E-state index in [1.807, 2.05) is 18.2 Å². The molecule has 0 atom stereocenters. The minimum absolute atomic E-state index is 0.945. The van der Waals surface area contributed by atoms with Gasteiger partial charge in [-0.3, -0.25) is 0 Å². The van der Waals surface area contributed by atoms with Crippen LogP contribution < -0.4 is 0 Å². The smallest absolute Gasteiger partial charge is 0.0832 e. The summed E-state index contributed by atoms with van der Waals surface area (Å²) in [5, 5.41) is 5.67. The average molecular weight is 484 g/mol. The molecule has 8 rings (SSSR count). The first-order valence-corrected chi connectivity index (χ1v) is 12.8. The molecule has 3 heteroatoms. The van der Waals surface area contributed by atoms with Gasteiger partial charge >= 0.3 is 0 Å². The summed E-state index contributed by atoms with van der Waals surface area (Å²) in [6.45, 7) is 0. The van der Waals surface area contributed by atoms with E-state index in [4.69, 9.17) is 15.0 Å². The molecule has 2 aliphatic rings. The molecule has 38 heavy (non-hydrogen) atoms. The third-order valence-corrected chi connectivity index (χ3v) is 7.40. The van der Waals surface area contributed by atoms with Crippen LogP contribution in [0, 0.1) is 0 Å². The molecule has 1 aliphatic carbocycles. The zero-order valence-electron chi connectivity index (χ0n) is 20.5. The lowest BCUT2D eigenvalue weighted by molar-refractivity contribution is 1.39. The average Bonchev–Trinajstić information content (AvgIpc) is 3.19. The van der Waals surface area contributed by atoms with Crippen molar-refractivity contribution in [3.63, 3.8) is 0 Å². The molecule has 0 fully saturated rings. The largest absolute Gasteiger partial charge is 0.247 e. The fourth-order valence-electron chi connectivity index (χ4n) is 5.59. The van der Waals surface area contributed by atoms with Gasteiger partial charge in [-0.2, -0.15) is 0 Å². The Bertz CT molecular complexity index is 2140. The van der Waals surface area contributed by atoms with E-state index in [-0.39, 0.29) is 0 Å². The zero-order chi connectivity index (χ0) is 25.1. The Labute approximate surface area is 219 Å². The summed E-state index contributed by atoms with van der Waals surface area (Å²) in [6, 6.07) is 44.2. The number of benzene rings is 4. The van der Waals surface area contributed by atoms with E-state index in [0.29, 0.717) is 0 Å². The lowest BCUT2D eigenvalue weighted by Crippen LogP contribution is -1.91. The minimum Gasteiger partial charge on any atom is -0.247 e. The number of rotatable bonds is 2. The van der Waals surface area contributed by atoms with E-state index >= 15 is 0 Å². The van der Waals surface area contributed by atoms with Gasteiger partial charge in [-0.25, -0.2) is 15.0 Å². The van der Waals surface area contributed by atoms with Crippen LogP contribution in [0.25, 0.3) is 77.3 Å². The number of hydrogen-bond acceptors (Lipinski definition) is 3. The number of fused-ring (bicyclic) bond motifs is 8. The highest BCUT2D eigenvalue weighted by molar-refractivity contribution is 6.16. The molecule has 4 aromatic carbocycles. The normalized spacial score (nSPS) is 11.7. The third-order valence-electron chi connectivity index (χ3n) is 7.40. The minimum atomic E-state index is 0.945. The van der Waals surface area contributed by atoms with Crippen molar-refractivity contribution < 1.29 is 0 Å². The Kier molecular flexibility index (Phi) is 4.52. The van der Waals surface area contributed by atoms with Crippen LogP contribution in [0.3, 0.4) is 0 Å². The van der Waals surface area contributed by atoms with Gasteiger partial charge in [0.05, 0.1) is 33.6 Å². The van der Waals surface area contributed by atoms with Crippen LogP contribution in [0.5, 0.6) is 0 Å². The van der Waals surface area contributed by atoms with Crippen molar-refractivity contribution in [1.29, 1.82) is 0 Å². The summed E-state index contributed by atoms with van der Waals surface area (Å²) in [5.74, 6) is 0. The molecular weight excluding hydrogens is 462 g/mol. The van der Waals surface area contributed by atoms with Crippen molar-refractivity contribution in [2.75, 3.05) is 0 Å². The van der Waals surface area contributed by atoms with Crippen LogP contribution in [-0.4, -0.2) is 15.0 Å². The molecule has 0 saturated heterocycles. The fraction of sp³-hybridized carbons (Fsp3) is 0. The first-order valence-electron chi connectivity index (χ1n) is 12.8. The summed E-state index contributed by atoms with van der Waals surface area (Å²) in [5.41, 5.74) is 9.06. The fourth-order valence-corrected chi connectivity index (χ4v) is 5.59. The topological polar surface area (TPSA) is 38.7 Å². The van der Waals surface area contributed by atoms with Crippen LogP contribution in [0.4, 0.5) is 0 Å². The van der Waals surface area contributed by atoms with Crippen LogP contribution in [0.2, 0.25) is 0 Å². The van der Waals surface area contributed by atoms with Crippen molar-refractivity contribution in [2.24, 2.45) is 0 Å². The quantitative estimate of drug-likeness (QED) is 0.230. The maximum absolute atomic E-state index is 5.18. The van der Waals surface area contributed by atoms with Crippen molar-refractivity contribution in [1.82, 2.24) is 15.0 Å². The summed E-state index contributed by atoms with van der Waals surface area (Å²) >= 11 is 0. The first kappa shape index (κ1) is 21.0. The maximum atomic E-state index is 5.18. The number of pyridine rings is 2. The Morgan fingerprint density at radius 1 is 0.421 bits per heavy atom. The van der Waals surface area contributed by atoms with E-state index < -0.39 is 0 Å². The Morgan fingerprint density at radius 2 is 1.16 bits per heavy atom. The monoisotopic (exact) mass is 483 g/mol. The first-order chi connectivity index (χ1) is 18.8. The molecule has 1 aliphatic heterocycles. The predicted octanol–water partition coefficient (Wildman–Crippen LogP) is 8.92. The molecule has 0 saturated carbocycles. The van der Waals surface area contributed by atoms with E-state index in [9.17, 15) is 0 Å². The molecule has 3 nitrogen and oxygen atoms in total. The number of aromatic nitrogens is 3. The van der Waals surface area contributed by atoms with Gasteiger partial charge in [0.1, 0.15) is 0 Å². The molecule has 6 aromatic rings. The van der Waals surface area contributed by atoms with Crippen LogP contribution in [0.15, 0.2) is 127 Å². The van der Waals surface area contributed by atoms with Gasteiger partial charge in [-0.1, -0.05) is 103 Å². The molecule has 2 aromatic heterocycles. The van der Waals surface area contributed by atoms with E-state index in [1.165, 1.54) is 10.8 Å². The summed E-state index contributed by atoms with van der Waals surface area (Å²) in [4.78, 5) is 15.4. The van der Waals surface area contributed by atoms with Gasteiger partial charge in [-0.15, -0.1) is 0 Å². The van der Waals surface area contributed by atoms with Crippen molar-refractivity contribution >= 4 is 43.5 Å². The van der Waals surface area contributed by atoms with Crippen molar-refractivity contribution in [3.05, 3.63) is 127 Å². The van der Waals surface area contributed by atoms with E-state index in [1.54, 1.807) is 0 Å². The van der Waals surface area contributed by atoms with Gasteiger partial charge in [-0.05, 0) is 29.7 Å². The highest BCUT2D eigenvalue weighted by Gasteiger charge is 2.19. The predicted molar refractivity (Wildman–Crippen MR) is 157 cm³/mol. The van der Waals surface area contributed by atoms with Gasteiger partial charge < -0.3 is 0 Å². The standard InChI is InChI=1S/C35H21N3/c1-2-13-27-30(15-3-1)38-35-28-14-6-7-16-31(28)37-34(32(27)35)25-11-8-10-24(21-25)29-20-19-23-18-17-22-9-4-5-12-26(22)33(23)36-29/h1-21H. The summed E-state index contributed by atoms with van der Waals surface area (Å²) in [6.07, 6.45) is 0. The van der Waals surface area contributed by atoms with Crippen LogP contribution in [-0.2, 0) is 0 Å². The Balaban J connectivity index is 1.38. The molecular formula is C35H21N3.